The zero-order valence-electron chi connectivity index (χ0n) is 23.9. The van der Waals surface area contributed by atoms with E-state index in [1.54, 1.807) is 12.1 Å². The molecule has 4 heteroatoms. The summed E-state index contributed by atoms with van der Waals surface area (Å²) in [6.45, 7) is 5.86. The number of carboxylic acids is 1. The molecule has 0 fully saturated rings. The highest BCUT2D eigenvalue weighted by molar-refractivity contribution is 5.96. The van der Waals surface area contributed by atoms with Crippen LogP contribution in [0.1, 0.15) is 101 Å². The zero-order valence-corrected chi connectivity index (χ0v) is 23.9. The normalized spacial score (nSPS) is 10.9. The fourth-order valence-electron chi connectivity index (χ4n) is 4.77. The SMILES string of the molecule is CCCCCCCCCOc1ccc(-c2ccc(-c3cc(OCCCCCCC)ccc3C(=O)O)cc2)cc1. The molecule has 0 aliphatic heterocycles. The van der Waals surface area contributed by atoms with Gasteiger partial charge in [0.1, 0.15) is 11.5 Å². The van der Waals surface area contributed by atoms with Crippen LogP contribution >= 0.6 is 0 Å². The van der Waals surface area contributed by atoms with Gasteiger partial charge in [0.15, 0.2) is 0 Å². The highest BCUT2D eigenvalue weighted by atomic mass is 16.5. The van der Waals surface area contributed by atoms with Crippen molar-refractivity contribution >= 4 is 5.97 Å². The molecule has 0 saturated carbocycles. The molecule has 0 spiro atoms. The monoisotopic (exact) mass is 530 g/mol. The molecule has 3 aromatic carbocycles. The van der Waals surface area contributed by atoms with Gasteiger partial charge in [-0.15, -0.1) is 0 Å². The number of carboxylic acid groups (broad SMARTS) is 1. The number of carbonyl (C=O) groups is 1. The summed E-state index contributed by atoms with van der Waals surface area (Å²) in [5.74, 6) is 0.670. The summed E-state index contributed by atoms with van der Waals surface area (Å²) in [7, 11) is 0. The molecule has 0 radical (unpaired) electrons. The van der Waals surface area contributed by atoms with Crippen LogP contribution in [0.2, 0.25) is 0 Å². The maximum atomic E-state index is 11.9. The van der Waals surface area contributed by atoms with Crippen LogP contribution < -0.4 is 9.47 Å². The van der Waals surface area contributed by atoms with Gasteiger partial charge in [-0.3, -0.25) is 0 Å². The average molecular weight is 531 g/mol. The van der Waals surface area contributed by atoms with E-state index in [0.29, 0.717) is 17.9 Å². The Bertz CT molecular complexity index is 1100. The standard InChI is InChI=1S/C35H46O4/c1-3-5-7-9-10-12-14-25-38-31-21-19-29(20-22-31)28-15-17-30(18-16-28)34-27-32(23-24-33(34)35(36)37)39-26-13-11-8-6-4-2/h15-24,27H,3-14,25-26H2,1-2H3,(H,36,37). The van der Waals surface area contributed by atoms with Crippen LogP contribution in [0.5, 0.6) is 11.5 Å². The second-order valence-electron chi connectivity index (χ2n) is 10.3. The van der Waals surface area contributed by atoms with Crippen LogP contribution in [-0.4, -0.2) is 24.3 Å². The summed E-state index contributed by atoms with van der Waals surface area (Å²) in [6.07, 6.45) is 14.8. The minimum Gasteiger partial charge on any atom is -0.494 e. The molecule has 0 aromatic heterocycles. The van der Waals surface area contributed by atoms with Crippen LogP contribution in [0.3, 0.4) is 0 Å². The van der Waals surface area contributed by atoms with E-state index in [-0.39, 0.29) is 5.56 Å². The van der Waals surface area contributed by atoms with Crippen LogP contribution in [0.25, 0.3) is 22.3 Å². The van der Waals surface area contributed by atoms with Crippen molar-refractivity contribution in [3.63, 3.8) is 0 Å². The molecule has 39 heavy (non-hydrogen) atoms. The molecule has 0 aliphatic carbocycles. The summed E-state index contributed by atoms with van der Waals surface area (Å²) in [5.41, 5.74) is 3.99. The Balaban J connectivity index is 1.56. The molecule has 1 N–H and O–H groups in total. The lowest BCUT2D eigenvalue weighted by atomic mass is 9.96. The molecular weight excluding hydrogens is 484 g/mol. The van der Waals surface area contributed by atoms with Crippen molar-refractivity contribution < 1.29 is 19.4 Å². The molecule has 0 amide bonds. The fourth-order valence-corrected chi connectivity index (χ4v) is 4.77. The second-order valence-corrected chi connectivity index (χ2v) is 10.3. The van der Waals surface area contributed by atoms with E-state index >= 15 is 0 Å². The van der Waals surface area contributed by atoms with Gasteiger partial charge in [-0.25, -0.2) is 4.79 Å². The highest BCUT2D eigenvalue weighted by Gasteiger charge is 2.13. The lowest BCUT2D eigenvalue weighted by Gasteiger charge is -2.12. The number of ether oxygens (including phenoxy) is 2. The van der Waals surface area contributed by atoms with Gasteiger partial charge >= 0.3 is 5.97 Å². The first-order valence-corrected chi connectivity index (χ1v) is 15.0. The van der Waals surface area contributed by atoms with E-state index < -0.39 is 5.97 Å². The lowest BCUT2D eigenvalue weighted by Crippen LogP contribution is -2.02. The number of hydrogen-bond acceptors (Lipinski definition) is 3. The van der Waals surface area contributed by atoms with Crippen LogP contribution in [-0.2, 0) is 0 Å². The first kappa shape index (κ1) is 30.3. The fraction of sp³-hybridized carbons (Fsp3) is 0.457. The maximum absolute atomic E-state index is 11.9. The molecule has 0 saturated heterocycles. The van der Waals surface area contributed by atoms with Gasteiger partial charge < -0.3 is 14.6 Å². The molecule has 0 aliphatic rings. The first-order valence-electron chi connectivity index (χ1n) is 15.0. The molecule has 3 rings (SSSR count). The van der Waals surface area contributed by atoms with Crippen LogP contribution in [0.4, 0.5) is 0 Å². The Kier molecular flexibility index (Phi) is 13.5. The lowest BCUT2D eigenvalue weighted by molar-refractivity contribution is 0.0697. The van der Waals surface area contributed by atoms with Gasteiger partial charge in [-0.2, -0.15) is 0 Å². The Hall–Kier alpha value is -3.27. The Morgan fingerprint density at radius 1 is 0.564 bits per heavy atom. The smallest absolute Gasteiger partial charge is 0.336 e. The van der Waals surface area contributed by atoms with E-state index in [4.69, 9.17) is 9.47 Å². The molecule has 3 aromatic rings. The van der Waals surface area contributed by atoms with Crippen molar-refractivity contribution in [1.82, 2.24) is 0 Å². The topological polar surface area (TPSA) is 55.8 Å². The van der Waals surface area contributed by atoms with Crippen molar-refractivity contribution in [3.05, 3.63) is 72.3 Å². The number of benzene rings is 3. The van der Waals surface area contributed by atoms with Gasteiger partial charge in [0.2, 0.25) is 0 Å². The summed E-state index contributed by atoms with van der Waals surface area (Å²) in [4.78, 5) is 11.9. The molecule has 0 atom stereocenters. The molecule has 210 valence electrons. The van der Waals surface area contributed by atoms with Crippen molar-refractivity contribution in [1.29, 1.82) is 0 Å². The molecule has 0 heterocycles. The largest absolute Gasteiger partial charge is 0.494 e. The van der Waals surface area contributed by atoms with Gasteiger partial charge in [0, 0.05) is 0 Å². The van der Waals surface area contributed by atoms with Crippen molar-refractivity contribution in [2.24, 2.45) is 0 Å². The van der Waals surface area contributed by atoms with Gasteiger partial charge in [0.25, 0.3) is 0 Å². The van der Waals surface area contributed by atoms with Crippen molar-refractivity contribution in [2.45, 2.75) is 90.9 Å². The number of hydrogen-bond donors (Lipinski definition) is 1. The summed E-state index contributed by atoms with van der Waals surface area (Å²) in [5, 5.41) is 9.76. The third-order valence-electron chi connectivity index (χ3n) is 7.14. The second kappa shape index (κ2) is 17.3. The molecule has 0 bridgehead atoms. The summed E-state index contributed by atoms with van der Waals surface area (Å²) >= 11 is 0. The van der Waals surface area contributed by atoms with E-state index in [1.807, 2.05) is 42.5 Å². The quantitative estimate of drug-likeness (QED) is 0.157. The molecular formula is C35H46O4. The minimum atomic E-state index is -0.938. The maximum Gasteiger partial charge on any atom is 0.336 e. The number of rotatable bonds is 19. The van der Waals surface area contributed by atoms with Gasteiger partial charge in [-0.1, -0.05) is 114 Å². The predicted octanol–water partition coefficient (Wildman–Crippen LogP) is 10.2. The van der Waals surface area contributed by atoms with Crippen LogP contribution in [0, 0.1) is 0 Å². The van der Waals surface area contributed by atoms with E-state index in [9.17, 15) is 9.90 Å². The van der Waals surface area contributed by atoms with E-state index in [2.05, 4.69) is 26.0 Å². The number of aromatic carboxylic acids is 1. The Morgan fingerprint density at radius 3 is 1.54 bits per heavy atom. The highest BCUT2D eigenvalue weighted by Crippen LogP contribution is 2.31. The van der Waals surface area contributed by atoms with E-state index in [0.717, 1.165) is 48.3 Å². The van der Waals surface area contributed by atoms with E-state index in [1.165, 1.54) is 57.8 Å². The minimum absolute atomic E-state index is 0.278. The summed E-state index contributed by atoms with van der Waals surface area (Å²) in [6, 6.07) is 21.5. The average Bonchev–Trinajstić information content (AvgIpc) is 2.96. The molecule has 0 unspecified atom stereocenters. The van der Waals surface area contributed by atoms with Crippen molar-refractivity contribution in [3.8, 4) is 33.8 Å². The van der Waals surface area contributed by atoms with Crippen LogP contribution in [0.15, 0.2) is 66.7 Å². The predicted molar refractivity (Wildman–Crippen MR) is 162 cm³/mol. The molecule has 4 nitrogen and oxygen atoms in total. The first-order chi connectivity index (χ1) is 19.1. The van der Waals surface area contributed by atoms with Gasteiger partial charge in [0.05, 0.1) is 18.8 Å². The third kappa shape index (κ3) is 10.4. The third-order valence-corrected chi connectivity index (χ3v) is 7.14. The Labute approximate surface area is 235 Å². The Morgan fingerprint density at radius 2 is 1.00 bits per heavy atom. The van der Waals surface area contributed by atoms with Crippen molar-refractivity contribution in [2.75, 3.05) is 13.2 Å². The zero-order chi connectivity index (χ0) is 27.7. The number of unbranched alkanes of at least 4 members (excludes halogenated alkanes) is 10. The summed E-state index contributed by atoms with van der Waals surface area (Å²) < 4.78 is 11.9. The van der Waals surface area contributed by atoms with Gasteiger partial charge in [-0.05, 0) is 65.4 Å².